The van der Waals surface area contributed by atoms with Gasteiger partial charge in [-0.25, -0.2) is 8.42 Å². The third kappa shape index (κ3) is 4.47. The molecule has 7 heteroatoms. The van der Waals surface area contributed by atoms with Crippen LogP contribution in [0.4, 0.5) is 0 Å². The van der Waals surface area contributed by atoms with Crippen LogP contribution in [0.15, 0.2) is 41.4 Å². The van der Waals surface area contributed by atoms with Gasteiger partial charge in [-0.3, -0.25) is 4.68 Å². The Hall–Kier alpha value is -1.70. The van der Waals surface area contributed by atoms with Crippen molar-refractivity contribution in [1.82, 2.24) is 19.0 Å². The van der Waals surface area contributed by atoms with E-state index in [9.17, 15) is 8.42 Å². The van der Waals surface area contributed by atoms with Crippen LogP contribution in [0, 0.1) is 0 Å². The fraction of sp³-hybridized carbons (Fsp3) is 0.571. The lowest BCUT2D eigenvalue weighted by atomic mass is 9.92. The molecule has 1 aliphatic rings. The molecule has 2 heterocycles. The highest BCUT2D eigenvalue weighted by Crippen LogP contribution is 2.31. The Labute approximate surface area is 169 Å². The van der Waals surface area contributed by atoms with Crippen molar-refractivity contribution in [3.63, 3.8) is 0 Å². The standard InChI is InChI=1S/C21H32N4O2S/c1-21(2,3)20-19(16-25(22-20)15-17-9-7-6-8-10-17)28(26,27)24(5)18-11-13-23(4)14-12-18/h6-10,16,18H,11-15H2,1-5H3. The van der Waals surface area contributed by atoms with Crippen LogP contribution in [0.25, 0.3) is 0 Å². The molecule has 28 heavy (non-hydrogen) atoms. The van der Waals surface area contributed by atoms with Crippen LogP contribution in [-0.2, 0) is 22.0 Å². The molecular weight excluding hydrogens is 372 g/mol. The average Bonchev–Trinajstić information content (AvgIpc) is 3.08. The number of sulfonamides is 1. The van der Waals surface area contributed by atoms with E-state index < -0.39 is 10.0 Å². The molecule has 0 bridgehead atoms. The normalized spacial score (nSPS) is 17.4. The molecule has 0 spiro atoms. The molecule has 0 amide bonds. The molecule has 0 radical (unpaired) electrons. The first-order chi connectivity index (χ1) is 13.1. The number of piperidine rings is 1. The smallest absolute Gasteiger partial charge is 0.246 e. The molecule has 1 aromatic carbocycles. The van der Waals surface area contributed by atoms with Crippen LogP contribution in [0.5, 0.6) is 0 Å². The first kappa shape index (κ1) is 21.0. The van der Waals surface area contributed by atoms with E-state index in [1.807, 2.05) is 51.1 Å². The first-order valence-corrected chi connectivity index (χ1v) is 11.3. The lowest BCUT2D eigenvalue weighted by molar-refractivity contribution is 0.197. The van der Waals surface area contributed by atoms with E-state index >= 15 is 0 Å². The van der Waals surface area contributed by atoms with E-state index in [4.69, 9.17) is 0 Å². The number of benzene rings is 1. The van der Waals surface area contributed by atoms with Gasteiger partial charge in [0.05, 0.1) is 12.2 Å². The number of hydrogen-bond acceptors (Lipinski definition) is 4. The summed E-state index contributed by atoms with van der Waals surface area (Å²) >= 11 is 0. The highest BCUT2D eigenvalue weighted by atomic mass is 32.2. The maximum atomic E-state index is 13.5. The summed E-state index contributed by atoms with van der Waals surface area (Å²) in [6.45, 7) is 8.43. The highest BCUT2D eigenvalue weighted by molar-refractivity contribution is 7.89. The molecule has 0 atom stereocenters. The topological polar surface area (TPSA) is 58.4 Å². The van der Waals surface area contributed by atoms with Gasteiger partial charge in [-0.15, -0.1) is 0 Å². The van der Waals surface area contributed by atoms with Crippen LogP contribution < -0.4 is 0 Å². The van der Waals surface area contributed by atoms with E-state index in [-0.39, 0.29) is 11.5 Å². The van der Waals surface area contributed by atoms with Crippen molar-refractivity contribution < 1.29 is 8.42 Å². The van der Waals surface area contributed by atoms with E-state index in [1.54, 1.807) is 22.2 Å². The number of likely N-dealkylation sites (tertiary alicyclic amines) is 1. The maximum absolute atomic E-state index is 13.5. The molecule has 6 nitrogen and oxygen atoms in total. The van der Waals surface area contributed by atoms with Gasteiger partial charge in [-0.1, -0.05) is 51.1 Å². The number of aromatic nitrogens is 2. The van der Waals surface area contributed by atoms with Crippen molar-refractivity contribution >= 4 is 10.0 Å². The van der Waals surface area contributed by atoms with Gasteiger partial charge in [0, 0.05) is 24.7 Å². The second-order valence-electron chi connectivity index (χ2n) is 8.83. The van der Waals surface area contributed by atoms with E-state index in [1.165, 1.54) is 0 Å². The minimum atomic E-state index is -3.61. The summed E-state index contributed by atoms with van der Waals surface area (Å²) in [5.41, 5.74) is 1.36. The third-order valence-electron chi connectivity index (χ3n) is 5.49. The quantitative estimate of drug-likeness (QED) is 0.769. The molecule has 1 saturated heterocycles. The van der Waals surface area contributed by atoms with Crippen LogP contribution >= 0.6 is 0 Å². The van der Waals surface area contributed by atoms with Gasteiger partial charge in [0.15, 0.2) is 0 Å². The van der Waals surface area contributed by atoms with E-state index in [2.05, 4.69) is 17.0 Å². The predicted octanol–water partition coefficient (Wildman–Crippen LogP) is 2.94. The van der Waals surface area contributed by atoms with Gasteiger partial charge in [-0.05, 0) is 38.5 Å². The molecule has 1 aromatic heterocycles. The van der Waals surface area contributed by atoms with E-state index in [0.29, 0.717) is 17.1 Å². The van der Waals surface area contributed by atoms with Gasteiger partial charge in [0.1, 0.15) is 4.90 Å². The zero-order chi connectivity index (χ0) is 20.5. The van der Waals surface area contributed by atoms with Gasteiger partial charge >= 0.3 is 0 Å². The molecule has 154 valence electrons. The van der Waals surface area contributed by atoms with Crippen LogP contribution in [0.2, 0.25) is 0 Å². The van der Waals surface area contributed by atoms with E-state index in [0.717, 1.165) is 31.5 Å². The zero-order valence-electron chi connectivity index (χ0n) is 17.6. The predicted molar refractivity (Wildman–Crippen MR) is 112 cm³/mol. The Morgan fingerprint density at radius 1 is 1.14 bits per heavy atom. The van der Waals surface area contributed by atoms with Crippen molar-refractivity contribution in [3.8, 4) is 0 Å². The molecule has 3 rings (SSSR count). The summed E-state index contributed by atoms with van der Waals surface area (Å²) in [4.78, 5) is 2.58. The molecule has 0 aliphatic carbocycles. The number of nitrogens with zero attached hydrogens (tertiary/aromatic N) is 4. The zero-order valence-corrected chi connectivity index (χ0v) is 18.4. The van der Waals surface area contributed by atoms with Crippen molar-refractivity contribution in [1.29, 1.82) is 0 Å². The Balaban J connectivity index is 1.94. The summed E-state index contributed by atoms with van der Waals surface area (Å²) in [7, 11) is 0.184. The molecule has 0 unspecified atom stereocenters. The van der Waals surface area contributed by atoms with Crippen molar-refractivity contribution in [2.75, 3.05) is 27.2 Å². The van der Waals surface area contributed by atoms with Gasteiger partial charge in [0.25, 0.3) is 0 Å². The minimum absolute atomic E-state index is 0.0338. The number of hydrogen-bond donors (Lipinski definition) is 0. The Morgan fingerprint density at radius 3 is 2.32 bits per heavy atom. The van der Waals surface area contributed by atoms with Crippen molar-refractivity contribution in [3.05, 3.63) is 47.8 Å². The van der Waals surface area contributed by atoms with Gasteiger partial charge < -0.3 is 4.90 Å². The lowest BCUT2D eigenvalue weighted by Crippen LogP contribution is -2.44. The molecular formula is C21H32N4O2S. The molecule has 0 saturated carbocycles. The fourth-order valence-corrected chi connectivity index (χ4v) is 5.43. The van der Waals surface area contributed by atoms with Crippen molar-refractivity contribution in [2.45, 2.75) is 56.5 Å². The monoisotopic (exact) mass is 404 g/mol. The van der Waals surface area contributed by atoms with Gasteiger partial charge in [-0.2, -0.15) is 9.40 Å². The molecule has 0 N–H and O–H groups in total. The van der Waals surface area contributed by atoms with Crippen LogP contribution in [0.1, 0.15) is 44.9 Å². The minimum Gasteiger partial charge on any atom is -0.306 e. The Morgan fingerprint density at radius 2 is 1.75 bits per heavy atom. The summed E-state index contributed by atoms with van der Waals surface area (Å²) in [5, 5.41) is 4.69. The average molecular weight is 405 g/mol. The molecule has 1 aliphatic heterocycles. The van der Waals surface area contributed by atoms with Crippen LogP contribution in [-0.4, -0.2) is 60.6 Å². The largest absolute Gasteiger partial charge is 0.306 e. The number of rotatable bonds is 5. The summed E-state index contributed by atoms with van der Waals surface area (Å²) < 4.78 is 30.3. The first-order valence-electron chi connectivity index (χ1n) is 9.87. The summed E-state index contributed by atoms with van der Waals surface area (Å²) in [6, 6.07) is 10.0. The fourth-order valence-electron chi connectivity index (χ4n) is 3.67. The summed E-state index contributed by atoms with van der Waals surface area (Å²) in [5.74, 6) is 0. The van der Waals surface area contributed by atoms with Crippen molar-refractivity contribution in [2.24, 2.45) is 0 Å². The molecule has 1 fully saturated rings. The Kier molecular flexibility index (Phi) is 5.98. The molecule has 2 aromatic rings. The second-order valence-corrected chi connectivity index (χ2v) is 10.8. The lowest BCUT2D eigenvalue weighted by Gasteiger charge is -2.34. The van der Waals surface area contributed by atoms with Crippen LogP contribution in [0.3, 0.4) is 0 Å². The van der Waals surface area contributed by atoms with Gasteiger partial charge in [0.2, 0.25) is 10.0 Å². The maximum Gasteiger partial charge on any atom is 0.246 e. The second kappa shape index (κ2) is 7.97. The Bertz CT molecular complexity index is 892. The summed E-state index contributed by atoms with van der Waals surface area (Å²) in [6.07, 6.45) is 3.42. The SMILES string of the molecule is CN1CCC(N(C)S(=O)(=O)c2cn(Cc3ccccc3)nc2C(C)(C)C)CC1. The highest BCUT2D eigenvalue weighted by Gasteiger charge is 2.36. The third-order valence-corrected chi connectivity index (χ3v) is 7.40.